The van der Waals surface area contributed by atoms with Gasteiger partial charge in [0.05, 0.1) is 6.04 Å². The topological polar surface area (TPSA) is 52.9 Å². The molecule has 0 fully saturated rings. The Morgan fingerprint density at radius 1 is 1.36 bits per heavy atom. The van der Waals surface area contributed by atoms with Gasteiger partial charge in [-0.1, -0.05) is 31.2 Å². The Morgan fingerprint density at radius 2 is 2.09 bits per heavy atom. The van der Waals surface area contributed by atoms with E-state index in [9.17, 15) is 10.1 Å². The third-order valence-corrected chi connectivity index (χ3v) is 4.16. The molecule has 0 radical (unpaired) electrons. The summed E-state index contributed by atoms with van der Waals surface area (Å²) in [6, 6.07) is 11.8. The highest BCUT2D eigenvalue weighted by Gasteiger charge is 2.13. The van der Waals surface area contributed by atoms with Crippen molar-refractivity contribution in [3.05, 3.63) is 63.4 Å². The fourth-order valence-electron chi connectivity index (χ4n) is 2.07. The molecule has 1 heterocycles. The molecule has 22 heavy (non-hydrogen) atoms. The summed E-state index contributed by atoms with van der Waals surface area (Å²) < 4.78 is 0. The summed E-state index contributed by atoms with van der Waals surface area (Å²) in [7, 11) is 0. The molecule has 4 heteroatoms. The quantitative estimate of drug-likeness (QED) is 0.668. The van der Waals surface area contributed by atoms with E-state index in [1.807, 2.05) is 42.0 Å². The normalized spacial score (nSPS) is 12.5. The number of nitriles is 1. The first-order valence-electron chi connectivity index (χ1n) is 7.17. The Hall–Kier alpha value is -2.38. The molecule has 0 unspecified atom stereocenters. The minimum absolute atomic E-state index is 0.121. The van der Waals surface area contributed by atoms with E-state index < -0.39 is 0 Å². The number of aryl methyl sites for hydroxylation is 1. The summed E-state index contributed by atoms with van der Waals surface area (Å²) in [6.45, 7) is 4.02. The predicted octanol–water partition coefficient (Wildman–Crippen LogP) is 4.09. The fourth-order valence-corrected chi connectivity index (χ4v) is 2.69. The lowest BCUT2D eigenvalue weighted by Gasteiger charge is -2.14. The molecule has 1 atom stereocenters. The van der Waals surface area contributed by atoms with Crippen molar-refractivity contribution in [1.29, 1.82) is 5.26 Å². The number of nitrogens with one attached hydrogen (secondary N) is 1. The van der Waals surface area contributed by atoms with Gasteiger partial charge >= 0.3 is 0 Å². The van der Waals surface area contributed by atoms with Gasteiger partial charge in [0.1, 0.15) is 11.6 Å². The van der Waals surface area contributed by atoms with Gasteiger partial charge in [-0.25, -0.2) is 0 Å². The average Bonchev–Trinajstić information content (AvgIpc) is 3.05. The van der Waals surface area contributed by atoms with E-state index in [-0.39, 0.29) is 17.5 Å². The van der Waals surface area contributed by atoms with Crippen LogP contribution in [0.3, 0.4) is 0 Å². The number of rotatable bonds is 5. The maximum atomic E-state index is 12.2. The molecule has 2 rings (SSSR count). The predicted molar refractivity (Wildman–Crippen MR) is 90.3 cm³/mol. The Balaban J connectivity index is 2.07. The van der Waals surface area contributed by atoms with Crippen LogP contribution in [0, 0.1) is 11.3 Å². The molecule has 0 saturated carbocycles. The monoisotopic (exact) mass is 310 g/mol. The smallest absolute Gasteiger partial charge is 0.262 e. The van der Waals surface area contributed by atoms with Gasteiger partial charge in [-0.15, -0.1) is 0 Å². The minimum Gasteiger partial charge on any atom is -0.345 e. The Bertz CT molecular complexity index is 694. The first-order valence-corrected chi connectivity index (χ1v) is 8.12. The van der Waals surface area contributed by atoms with Crippen molar-refractivity contribution < 1.29 is 4.79 Å². The molecule has 1 amide bonds. The highest BCUT2D eigenvalue weighted by atomic mass is 32.1. The van der Waals surface area contributed by atoms with Gasteiger partial charge in [0, 0.05) is 0 Å². The lowest BCUT2D eigenvalue weighted by atomic mass is 10.0. The van der Waals surface area contributed by atoms with Crippen molar-refractivity contribution >= 4 is 23.3 Å². The Kier molecular flexibility index (Phi) is 5.51. The molecular weight excluding hydrogens is 292 g/mol. The van der Waals surface area contributed by atoms with E-state index in [0.29, 0.717) is 0 Å². The van der Waals surface area contributed by atoms with Gasteiger partial charge < -0.3 is 5.32 Å². The summed E-state index contributed by atoms with van der Waals surface area (Å²) in [5.74, 6) is -0.347. The molecule has 0 spiro atoms. The number of carbonyl (C=O) groups is 1. The zero-order chi connectivity index (χ0) is 15.9. The maximum absolute atomic E-state index is 12.2. The van der Waals surface area contributed by atoms with Crippen LogP contribution in [0.4, 0.5) is 0 Å². The number of hydrogen-bond acceptors (Lipinski definition) is 3. The van der Waals surface area contributed by atoms with Gasteiger partial charge in [0.15, 0.2) is 0 Å². The highest BCUT2D eigenvalue weighted by Crippen LogP contribution is 2.16. The van der Waals surface area contributed by atoms with Crippen molar-refractivity contribution in [2.45, 2.75) is 26.3 Å². The third kappa shape index (κ3) is 4.06. The number of thiophene rings is 1. The van der Waals surface area contributed by atoms with Gasteiger partial charge in [0.2, 0.25) is 0 Å². The number of hydrogen-bond donors (Lipinski definition) is 1. The summed E-state index contributed by atoms with van der Waals surface area (Å²) in [5, 5.41) is 15.9. The van der Waals surface area contributed by atoms with Crippen LogP contribution in [0.5, 0.6) is 0 Å². The van der Waals surface area contributed by atoms with Gasteiger partial charge in [-0.05, 0) is 52.9 Å². The molecule has 1 aromatic carbocycles. The molecule has 0 aliphatic heterocycles. The molecule has 0 saturated heterocycles. The van der Waals surface area contributed by atoms with Crippen LogP contribution in [0.2, 0.25) is 0 Å². The zero-order valence-corrected chi connectivity index (χ0v) is 13.5. The van der Waals surface area contributed by atoms with E-state index in [1.165, 1.54) is 16.9 Å². The molecule has 1 aromatic heterocycles. The standard InChI is InChI=1S/C18H18N2OS/c1-3-14-4-6-16(7-5-14)13(2)20-18(21)17(11-19)10-15-8-9-22-12-15/h4-10,12-13H,3H2,1-2H3,(H,20,21)/b17-10-/t13-/m1/s1. The van der Waals surface area contributed by atoms with E-state index in [4.69, 9.17) is 0 Å². The first-order chi connectivity index (χ1) is 10.6. The van der Waals surface area contributed by atoms with Crippen molar-refractivity contribution in [2.24, 2.45) is 0 Å². The fraction of sp³-hybridized carbons (Fsp3) is 0.222. The highest BCUT2D eigenvalue weighted by molar-refractivity contribution is 7.08. The molecule has 0 aliphatic carbocycles. The molecule has 0 aliphatic rings. The van der Waals surface area contributed by atoms with Gasteiger partial charge in [-0.2, -0.15) is 16.6 Å². The lowest BCUT2D eigenvalue weighted by molar-refractivity contribution is -0.117. The summed E-state index contributed by atoms with van der Waals surface area (Å²) in [6.07, 6.45) is 2.60. The molecule has 2 aromatic rings. The van der Waals surface area contributed by atoms with Crippen LogP contribution in [0.1, 0.15) is 36.6 Å². The average molecular weight is 310 g/mol. The number of carbonyl (C=O) groups excluding carboxylic acids is 1. The third-order valence-electron chi connectivity index (χ3n) is 3.45. The second kappa shape index (κ2) is 7.58. The van der Waals surface area contributed by atoms with Crippen molar-refractivity contribution in [3.63, 3.8) is 0 Å². The summed E-state index contributed by atoms with van der Waals surface area (Å²) >= 11 is 1.53. The number of benzene rings is 1. The zero-order valence-electron chi connectivity index (χ0n) is 12.7. The van der Waals surface area contributed by atoms with Crippen LogP contribution in [-0.4, -0.2) is 5.91 Å². The summed E-state index contributed by atoms with van der Waals surface area (Å²) in [5.41, 5.74) is 3.28. The van der Waals surface area contributed by atoms with Gasteiger partial charge in [0.25, 0.3) is 5.91 Å². The van der Waals surface area contributed by atoms with E-state index in [0.717, 1.165) is 17.5 Å². The largest absolute Gasteiger partial charge is 0.345 e. The maximum Gasteiger partial charge on any atom is 0.262 e. The molecular formula is C18H18N2OS. The van der Waals surface area contributed by atoms with Crippen LogP contribution in [0.15, 0.2) is 46.7 Å². The second-order valence-corrected chi connectivity index (χ2v) is 5.80. The Morgan fingerprint density at radius 3 is 2.64 bits per heavy atom. The van der Waals surface area contributed by atoms with E-state index in [2.05, 4.69) is 24.4 Å². The first kappa shape index (κ1) is 16.0. The minimum atomic E-state index is -0.347. The van der Waals surface area contributed by atoms with Crippen LogP contribution >= 0.6 is 11.3 Å². The molecule has 1 N–H and O–H groups in total. The molecule has 112 valence electrons. The molecule has 3 nitrogen and oxygen atoms in total. The van der Waals surface area contributed by atoms with Gasteiger partial charge in [-0.3, -0.25) is 4.79 Å². The number of nitrogens with zero attached hydrogens (tertiary/aromatic N) is 1. The van der Waals surface area contributed by atoms with Crippen LogP contribution < -0.4 is 5.32 Å². The number of amides is 1. The van der Waals surface area contributed by atoms with Crippen LogP contribution in [-0.2, 0) is 11.2 Å². The van der Waals surface area contributed by atoms with Crippen molar-refractivity contribution in [3.8, 4) is 6.07 Å². The SMILES string of the molecule is CCc1ccc([C@@H](C)NC(=O)/C(C#N)=C\c2ccsc2)cc1. The second-order valence-electron chi connectivity index (χ2n) is 5.02. The molecule has 0 bridgehead atoms. The van der Waals surface area contributed by atoms with Crippen molar-refractivity contribution in [1.82, 2.24) is 5.32 Å². The van der Waals surface area contributed by atoms with E-state index >= 15 is 0 Å². The lowest BCUT2D eigenvalue weighted by Crippen LogP contribution is -2.27. The van der Waals surface area contributed by atoms with E-state index in [1.54, 1.807) is 6.08 Å². The Labute approximate surface area is 134 Å². The summed E-state index contributed by atoms with van der Waals surface area (Å²) in [4.78, 5) is 12.2. The van der Waals surface area contributed by atoms with Crippen LogP contribution in [0.25, 0.3) is 6.08 Å². The van der Waals surface area contributed by atoms with Crippen molar-refractivity contribution in [2.75, 3.05) is 0 Å².